The molecule has 1 N–H and O–H groups in total. The average Bonchev–Trinajstić information content (AvgIpc) is 2.69. The van der Waals surface area contributed by atoms with Gasteiger partial charge in [0.15, 0.2) is 0 Å². The Morgan fingerprint density at radius 2 is 1.78 bits per heavy atom. The molecule has 0 aliphatic rings. The number of alkyl halides is 2. The van der Waals surface area contributed by atoms with Crippen molar-refractivity contribution in [3.63, 3.8) is 0 Å². The first-order valence-electron chi connectivity index (χ1n) is 7.99. The Kier molecular flexibility index (Phi) is 8.11. The topological polar surface area (TPSA) is 83.7 Å². The van der Waals surface area contributed by atoms with Crippen molar-refractivity contribution in [2.45, 2.75) is 19.6 Å². The van der Waals surface area contributed by atoms with Gasteiger partial charge >= 0.3 is 6.61 Å². The van der Waals surface area contributed by atoms with E-state index in [1.807, 2.05) is 24.3 Å². The lowest BCUT2D eigenvalue weighted by molar-refractivity contribution is -0.0498. The van der Waals surface area contributed by atoms with Gasteiger partial charge < -0.3 is 10.1 Å². The van der Waals surface area contributed by atoms with E-state index >= 15 is 0 Å². The number of benzene rings is 1. The van der Waals surface area contributed by atoms with E-state index in [2.05, 4.69) is 25.0 Å². The molecule has 8 heteroatoms. The second kappa shape index (κ2) is 11.1. The maximum atomic E-state index is 12.0. The Labute approximate surface area is 155 Å². The fourth-order valence-corrected chi connectivity index (χ4v) is 1.94. The van der Waals surface area contributed by atoms with Crippen molar-refractivity contribution in [3.05, 3.63) is 78.4 Å². The molecule has 0 fully saturated rings. The first-order chi connectivity index (χ1) is 13.2. The maximum absolute atomic E-state index is 12.0. The first-order valence-corrected chi connectivity index (χ1v) is 7.99. The van der Waals surface area contributed by atoms with Crippen molar-refractivity contribution in [1.82, 2.24) is 15.0 Å². The van der Waals surface area contributed by atoms with Crippen molar-refractivity contribution < 1.29 is 13.5 Å². The Morgan fingerprint density at radius 1 is 1.04 bits per heavy atom. The summed E-state index contributed by atoms with van der Waals surface area (Å²) in [6.07, 6.45) is 5.29. The van der Waals surface area contributed by atoms with Gasteiger partial charge in [-0.25, -0.2) is 9.97 Å². The van der Waals surface area contributed by atoms with E-state index in [1.54, 1.807) is 36.8 Å². The number of nitrogens with one attached hydrogen (secondary N) is 1. The fraction of sp³-hybridized carbons (Fsp3) is 0.158. The van der Waals surface area contributed by atoms with E-state index < -0.39 is 6.61 Å². The lowest BCUT2D eigenvalue weighted by Gasteiger charge is -2.07. The minimum atomic E-state index is -2.83. The van der Waals surface area contributed by atoms with Gasteiger partial charge in [-0.1, -0.05) is 18.2 Å². The number of nitriles is 1. The van der Waals surface area contributed by atoms with Crippen molar-refractivity contribution >= 4 is 5.95 Å². The van der Waals surface area contributed by atoms with Gasteiger partial charge in [0.05, 0.1) is 18.2 Å². The van der Waals surface area contributed by atoms with Crippen LogP contribution in [0, 0.1) is 11.3 Å². The van der Waals surface area contributed by atoms with Gasteiger partial charge in [0, 0.05) is 25.1 Å². The summed E-state index contributed by atoms with van der Waals surface area (Å²) in [5.74, 6) is 0.525. The highest BCUT2D eigenvalue weighted by atomic mass is 19.3. The number of anilines is 1. The van der Waals surface area contributed by atoms with Crippen molar-refractivity contribution in [3.8, 4) is 11.8 Å². The minimum Gasteiger partial charge on any atom is -0.435 e. The third kappa shape index (κ3) is 7.88. The number of ether oxygens (including phenoxy) is 1. The highest BCUT2D eigenvalue weighted by Crippen LogP contribution is 2.15. The summed E-state index contributed by atoms with van der Waals surface area (Å²) in [6, 6.07) is 15.7. The minimum absolute atomic E-state index is 0.112. The highest BCUT2D eigenvalue weighted by molar-refractivity contribution is 5.32. The first kappa shape index (κ1) is 19.7. The van der Waals surface area contributed by atoms with E-state index in [0.717, 1.165) is 5.56 Å². The smallest absolute Gasteiger partial charge is 0.387 e. The van der Waals surface area contributed by atoms with Crippen LogP contribution in [0.2, 0.25) is 0 Å². The summed E-state index contributed by atoms with van der Waals surface area (Å²) in [5, 5.41) is 11.6. The molecule has 3 aromatic rings. The molecule has 0 atom stereocenters. The van der Waals surface area contributed by atoms with Crippen molar-refractivity contribution in [2.24, 2.45) is 0 Å². The molecule has 0 amide bonds. The van der Waals surface area contributed by atoms with E-state index in [4.69, 9.17) is 5.26 Å². The number of hydrogen-bond acceptors (Lipinski definition) is 6. The van der Waals surface area contributed by atoms with E-state index in [9.17, 15) is 8.78 Å². The number of aromatic nitrogens is 3. The normalized spacial score (nSPS) is 9.70. The summed E-state index contributed by atoms with van der Waals surface area (Å²) in [7, 11) is 0. The average molecular weight is 369 g/mol. The SMILES string of the molecule is N#CCc1ccnc(NCc2ccc(OC(F)F)cc2)n1.c1ccncc1. The second-order valence-corrected chi connectivity index (χ2v) is 5.11. The zero-order valence-electron chi connectivity index (χ0n) is 14.3. The van der Waals surface area contributed by atoms with E-state index in [1.165, 1.54) is 12.1 Å². The van der Waals surface area contributed by atoms with Crippen LogP contribution in [0.4, 0.5) is 14.7 Å². The van der Waals surface area contributed by atoms with E-state index in [0.29, 0.717) is 18.2 Å². The Bertz CT molecular complexity index is 812. The Morgan fingerprint density at radius 3 is 2.33 bits per heavy atom. The third-order valence-electron chi connectivity index (χ3n) is 3.14. The molecule has 27 heavy (non-hydrogen) atoms. The second-order valence-electron chi connectivity index (χ2n) is 5.11. The van der Waals surface area contributed by atoms with Gasteiger partial charge in [0.25, 0.3) is 0 Å². The van der Waals surface area contributed by atoms with E-state index in [-0.39, 0.29) is 12.2 Å². The van der Waals surface area contributed by atoms with Crippen LogP contribution in [0.15, 0.2) is 67.1 Å². The van der Waals surface area contributed by atoms with Crippen molar-refractivity contribution in [1.29, 1.82) is 5.26 Å². The van der Waals surface area contributed by atoms with Crippen LogP contribution in [0.25, 0.3) is 0 Å². The molecule has 0 unspecified atom stereocenters. The molecule has 3 rings (SSSR count). The number of pyridine rings is 1. The predicted molar refractivity (Wildman–Crippen MR) is 96.0 cm³/mol. The molecule has 0 radical (unpaired) electrons. The standard InChI is InChI=1S/C14H12F2N4O.C5H5N/c15-13(16)21-12-3-1-10(2-4-12)9-19-14-18-8-6-11(20-14)5-7-17;1-2-4-6-5-3-1/h1-4,6,8,13H,5,9H2,(H,18,19,20);1-5H. The summed E-state index contributed by atoms with van der Waals surface area (Å²) in [4.78, 5) is 12.0. The van der Waals surface area contributed by atoms with Crippen LogP contribution >= 0.6 is 0 Å². The quantitative estimate of drug-likeness (QED) is 0.711. The molecule has 6 nitrogen and oxygen atoms in total. The van der Waals surface area contributed by atoms with Gasteiger partial charge in [0.2, 0.25) is 5.95 Å². The van der Waals surface area contributed by atoms with Crippen LogP contribution < -0.4 is 10.1 Å². The van der Waals surface area contributed by atoms with Gasteiger partial charge in [-0.2, -0.15) is 14.0 Å². The number of hydrogen-bond donors (Lipinski definition) is 1. The van der Waals surface area contributed by atoms with Gasteiger partial charge in [-0.05, 0) is 35.9 Å². The van der Waals surface area contributed by atoms with Gasteiger partial charge in [-0.3, -0.25) is 4.98 Å². The predicted octanol–water partition coefficient (Wildman–Crippen LogP) is 3.84. The molecule has 0 saturated heterocycles. The molecule has 2 aromatic heterocycles. The number of nitrogens with zero attached hydrogens (tertiary/aromatic N) is 4. The molecule has 0 aliphatic carbocycles. The summed E-state index contributed by atoms with van der Waals surface area (Å²) >= 11 is 0. The Balaban J connectivity index is 0.000000369. The Hall–Kier alpha value is -3.60. The lowest BCUT2D eigenvalue weighted by Crippen LogP contribution is -2.05. The van der Waals surface area contributed by atoms with Crippen LogP contribution in [-0.4, -0.2) is 21.6 Å². The fourth-order valence-electron chi connectivity index (χ4n) is 1.94. The molecule has 0 saturated carbocycles. The van der Waals surface area contributed by atoms with Crippen LogP contribution in [0.1, 0.15) is 11.3 Å². The van der Waals surface area contributed by atoms with Gasteiger partial charge in [-0.15, -0.1) is 0 Å². The largest absolute Gasteiger partial charge is 0.435 e. The summed E-state index contributed by atoms with van der Waals surface area (Å²) < 4.78 is 28.3. The zero-order valence-corrected chi connectivity index (χ0v) is 14.3. The van der Waals surface area contributed by atoms with Crippen molar-refractivity contribution in [2.75, 3.05) is 5.32 Å². The molecule has 1 aromatic carbocycles. The summed E-state index contributed by atoms with van der Waals surface area (Å²) in [5.41, 5.74) is 1.50. The van der Waals surface area contributed by atoms with Crippen LogP contribution in [-0.2, 0) is 13.0 Å². The third-order valence-corrected chi connectivity index (χ3v) is 3.14. The highest BCUT2D eigenvalue weighted by Gasteiger charge is 2.04. The zero-order chi connectivity index (χ0) is 19.3. The van der Waals surface area contributed by atoms with Gasteiger partial charge in [0.1, 0.15) is 5.75 Å². The molecular weight excluding hydrogens is 352 g/mol. The number of halogens is 2. The van der Waals surface area contributed by atoms with Crippen LogP contribution in [0.3, 0.4) is 0 Å². The van der Waals surface area contributed by atoms with Crippen LogP contribution in [0.5, 0.6) is 5.75 Å². The number of rotatable bonds is 6. The molecule has 0 bridgehead atoms. The molecule has 138 valence electrons. The summed E-state index contributed by atoms with van der Waals surface area (Å²) in [6.45, 7) is -2.39. The lowest BCUT2D eigenvalue weighted by atomic mass is 10.2. The molecular formula is C19H17F2N5O. The molecule has 0 spiro atoms. The monoisotopic (exact) mass is 369 g/mol. The maximum Gasteiger partial charge on any atom is 0.387 e. The molecule has 2 heterocycles. The molecule has 0 aliphatic heterocycles.